The van der Waals surface area contributed by atoms with Gasteiger partial charge in [-0.15, -0.1) is 0 Å². The number of hydrogen-bond acceptors (Lipinski definition) is 5. The van der Waals surface area contributed by atoms with Crippen LogP contribution in [0.4, 0.5) is 4.79 Å². The van der Waals surface area contributed by atoms with Crippen molar-refractivity contribution in [3.8, 4) is 0 Å². The van der Waals surface area contributed by atoms with Crippen LogP contribution < -0.4 is 0 Å². The molecule has 0 N–H and O–H groups in total. The van der Waals surface area contributed by atoms with E-state index in [1.54, 1.807) is 46.8 Å². The Bertz CT molecular complexity index is 739. The number of nitrogens with zero attached hydrogens (tertiary/aromatic N) is 1. The van der Waals surface area contributed by atoms with Gasteiger partial charge in [0.15, 0.2) is 0 Å². The van der Waals surface area contributed by atoms with Crippen LogP contribution in [0.15, 0.2) is 23.3 Å². The third-order valence-corrected chi connectivity index (χ3v) is 4.29. The van der Waals surface area contributed by atoms with Crippen molar-refractivity contribution >= 4 is 27.2 Å². The van der Waals surface area contributed by atoms with Crippen molar-refractivity contribution in [2.24, 2.45) is 0 Å². The molecule has 1 heterocycles. The molecule has 1 aliphatic heterocycles. The fourth-order valence-corrected chi connectivity index (χ4v) is 3.48. The topological polar surface area (TPSA) is 80.8 Å². The quantitative estimate of drug-likeness (QED) is 0.635. The molecular weight excluding hydrogens is 306 g/mol. The van der Waals surface area contributed by atoms with Gasteiger partial charge in [-0.05, 0) is 34.6 Å². The van der Waals surface area contributed by atoms with Crippen LogP contribution in [0, 0.1) is 0 Å². The number of allylic oxidation sites excluding steroid dienone is 1. The van der Waals surface area contributed by atoms with Crippen LogP contribution in [0.5, 0.6) is 0 Å². The summed E-state index contributed by atoms with van der Waals surface area (Å²) in [6.07, 6.45) is 2.62. The Morgan fingerprint density at radius 1 is 1.32 bits per heavy atom. The molecule has 0 saturated carbocycles. The van der Waals surface area contributed by atoms with E-state index in [9.17, 15) is 18.0 Å². The second kappa shape index (κ2) is 5.08. The van der Waals surface area contributed by atoms with Gasteiger partial charge < -0.3 is 4.74 Å². The van der Waals surface area contributed by atoms with Gasteiger partial charge >= 0.3 is 6.09 Å². The zero-order chi connectivity index (χ0) is 16.9. The highest BCUT2D eigenvalue weighted by Gasteiger charge is 2.51. The summed E-state index contributed by atoms with van der Waals surface area (Å²) in [5.41, 5.74) is -1.21. The summed E-state index contributed by atoms with van der Waals surface area (Å²) < 4.78 is 28.2. The van der Waals surface area contributed by atoms with Gasteiger partial charge in [0, 0.05) is 17.6 Å². The third-order valence-electron chi connectivity index (χ3n) is 3.52. The van der Waals surface area contributed by atoms with Crippen molar-refractivity contribution in [2.45, 2.75) is 52.2 Å². The molecule has 0 saturated heterocycles. The Hall–Kier alpha value is -1.89. The van der Waals surface area contributed by atoms with E-state index in [1.165, 1.54) is 0 Å². The molecule has 0 unspecified atom stereocenters. The van der Waals surface area contributed by atoms with Crippen molar-refractivity contribution < 1.29 is 22.7 Å². The summed E-state index contributed by atoms with van der Waals surface area (Å²) in [6, 6.07) is 0. The van der Waals surface area contributed by atoms with E-state index >= 15 is 0 Å². The van der Waals surface area contributed by atoms with Crippen LogP contribution in [-0.4, -0.2) is 41.3 Å². The molecule has 0 spiro atoms. The van der Waals surface area contributed by atoms with E-state index in [0.29, 0.717) is 5.57 Å². The maximum atomic E-state index is 12.6. The number of carbonyl (C=O) groups is 2. The van der Waals surface area contributed by atoms with Crippen molar-refractivity contribution in [1.82, 2.24) is 4.90 Å². The van der Waals surface area contributed by atoms with E-state index in [2.05, 4.69) is 0 Å². The second-order valence-corrected chi connectivity index (χ2v) is 7.70. The Morgan fingerprint density at radius 2 is 1.91 bits per heavy atom. The van der Waals surface area contributed by atoms with E-state index < -0.39 is 33.4 Å². The largest absolute Gasteiger partial charge is 0.443 e. The average Bonchev–Trinajstić information content (AvgIpc) is 2.55. The molecule has 1 aliphatic carbocycles. The summed E-state index contributed by atoms with van der Waals surface area (Å²) in [5.74, 6) is -0.534. The normalized spacial score (nSPS) is 20.3. The molecule has 0 radical (unpaired) electrons. The van der Waals surface area contributed by atoms with Gasteiger partial charge in [0.2, 0.25) is 10.3 Å². The highest BCUT2D eigenvalue weighted by molar-refractivity contribution is 7.73. The lowest BCUT2D eigenvalue weighted by Crippen LogP contribution is -2.50. The molecular formula is C15H19NO5S. The predicted molar refractivity (Wildman–Crippen MR) is 81.9 cm³/mol. The zero-order valence-corrected chi connectivity index (χ0v) is 14.1. The first kappa shape index (κ1) is 16.5. The first-order valence-electron chi connectivity index (χ1n) is 6.91. The molecule has 2 rings (SSSR count). The Labute approximate surface area is 131 Å². The summed E-state index contributed by atoms with van der Waals surface area (Å²) in [7, 11) is -2.44. The zero-order valence-electron chi connectivity index (χ0n) is 13.3. The van der Waals surface area contributed by atoms with Crippen LogP contribution in [0.25, 0.3) is 0 Å². The fraction of sp³-hybridized carbons (Fsp3) is 0.533. The molecule has 6 nitrogen and oxygen atoms in total. The molecule has 0 aromatic heterocycles. The fourth-order valence-electron chi connectivity index (χ4n) is 2.72. The van der Waals surface area contributed by atoms with E-state index in [4.69, 9.17) is 4.74 Å². The van der Waals surface area contributed by atoms with Crippen molar-refractivity contribution in [1.29, 1.82) is 0 Å². The van der Waals surface area contributed by atoms with Gasteiger partial charge in [-0.2, -0.15) is 8.42 Å². The lowest BCUT2D eigenvalue weighted by Gasteiger charge is -2.34. The molecule has 0 aromatic carbocycles. The highest BCUT2D eigenvalue weighted by atomic mass is 32.2. The smallest absolute Gasteiger partial charge is 0.418 e. The van der Waals surface area contributed by atoms with Gasteiger partial charge in [0.05, 0.1) is 10.4 Å². The Morgan fingerprint density at radius 3 is 2.41 bits per heavy atom. The number of rotatable bonds is 0. The van der Waals surface area contributed by atoms with Crippen molar-refractivity contribution in [3.05, 3.63) is 23.3 Å². The molecule has 7 heteroatoms. The van der Waals surface area contributed by atoms with Gasteiger partial charge in [0.1, 0.15) is 5.60 Å². The molecule has 2 aliphatic rings. The van der Waals surface area contributed by atoms with Gasteiger partial charge in [-0.25, -0.2) is 9.69 Å². The monoisotopic (exact) mass is 325 g/mol. The lowest BCUT2D eigenvalue weighted by molar-refractivity contribution is -0.127. The van der Waals surface area contributed by atoms with Gasteiger partial charge in [-0.1, -0.05) is 12.2 Å². The van der Waals surface area contributed by atoms with E-state index in [0.717, 1.165) is 4.90 Å². The van der Waals surface area contributed by atoms with E-state index in [-0.39, 0.29) is 16.9 Å². The lowest BCUT2D eigenvalue weighted by atomic mass is 9.87. The van der Waals surface area contributed by atoms with E-state index in [1.807, 2.05) is 0 Å². The van der Waals surface area contributed by atoms with Crippen molar-refractivity contribution in [2.75, 3.05) is 0 Å². The molecule has 0 fully saturated rings. The average molecular weight is 325 g/mol. The minimum atomic E-state index is -2.44. The van der Waals surface area contributed by atoms with Crippen LogP contribution in [0.2, 0.25) is 0 Å². The highest BCUT2D eigenvalue weighted by Crippen LogP contribution is 2.40. The molecule has 0 aromatic rings. The predicted octanol–water partition coefficient (Wildman–Crippen LogP) is 1.85. The maximum absolute atomic E-state index is 12.6. The van der Waals surface area contributed by atoms with Crippen molar-refractivity contribution in [3.63, 3.8) is 0 Å². The first-order valence-corrected chi connectivity index (χ1v) is 7.98. The van der Waals surface area contributed by atoms with Gasteiger partial charge in [0.25, 0.3) is 5.91 Å². The number of hydrogen-bond donors (Lipinski definition) is 0. The summed E-state index contributed by atoms with van der Waals surface area (Å²) in [4.78, 5) is 26.1. The number of ether oxygens (including phenoxy) is 1. The number of imide groups is 1. The van der Waals surface area contributed by atoms with Crippen LogP contribution in [0.3, 0.4) is 0 Å². The SMILES string of the molecule is CC(C)(C)OC(=O)N1C(=O)C2=C(C(=S(=O)=O)CC=C2)C1(C)C. The molecule has 2 amide bonds. The molecule has 0 atom stereocenters. The minimum absolute atomic E-state index is 0.141. The molecule has 120 valence electrons. The first-order chi connectivity index (χ1) is 9.97. The second-order valence-electron chi connectivity index (χ2n) is 6.73. The Kier molecular flexibility index (Phi) is 3.81. The van der Waals surface area contributed by atoms with Crippen LogP contribution in [-0.2, 0) is 19.8 Å². The standard InChI is InChI=1S/C15H19NO5S/c1-14(2,3)21-13(18)16-12(17)9-7-6-8-10(22(19)20)11(9)15(16,4)5/h6-7H,8H2,1-5H3. The summed E-state index contributed by atoms with van der Waals surface area (Å²) >= 11 is 0. The summed E-state index contributed by atoms with van der Waals surface area (Å²) in [5, 5.41) is 0. The number of amides is 2. The molecule has 0 bridgehead atoms. The minimum Gasteiger partial charge on any atom is -0.443 e. The molecule has 22 heavy (non-hydrogen) atoms. The third kappa shape index (κ3) is 2.61. The summed E-state index contributed by atoms with van der Waals surface area (Å²) in [6.45, 7) is 8.40. The van der Waals surface area contributed by atoms with Crippen LogP contribution in [0.1, 0.15) is 41.0 Å². The van der Waals surface area contributed by atoms with Gasteiger partial charge in [-0.3, -0.25) is 4.79 Å². The van der Waals surface area contributed by atoms with Crippen LogP contribution >= 0.6 is 0 Å². The number of carbonyl (C=O) groups excluding carboxylic acids is 2. The Balaban J connectivity index is 2.54. The maximum Gasteiger partial charge on any atom is 0.418 e.